The molecule has 7 heteroatoms. The molecule has 2 aliphatic heterocycles. The molecule has 0 aliphatic carbocycles. The van der Waals surface area contributed by atoms with Crippen molar-refractivity contribution in [3.63, 3.8) is 0 Å². The van der Waals surface area contributed by atoms with Gasteiger partial charge in [0.05, 0.1) is 6.04 Å². The van der Waals surface area contributed by atoms with E-state index in [2.05, 4.69) is 20.8 Å². The van der Waals surface area contributed by atoms with Crippen LogP contribution in [0.25, 0.3) is 0 Å². The van der Waals surface area contributed by atoms with Crippen LogP contribution in [0.15, 0.2) is 0 Å². The Morgan fingerprint density at radius 2 is 2.33 bits per heavy atom. The first-order valence-electron chi connectivity index (χ1n) is 6.32. The minimum atomic E-state index is -0.0833. The molecule has 2 saturated heterocycles. The van der Waals surface area contributed by atoms with Gasteiger partial charge in [0.1, 0.15) is 11.1 Å². The third-order valence-electron chi connectivity index (χ3n) is 3.25. The first-order valence-corrected chi connectivity index (χ1v) is 7.14. The molecule has 98 valence electrons. The monoisotopic (exact) mass is 268 g/mol. The average Bonchev–Trinajstić information content (AvgIpc) is 3.12. The van der Waals surface area contributed by atoms with Crippen molar-refractivity contribution in [2.75, 3.05) is 18.5 Å². The first kappa shape index (κ1) is 12.0. The lowest BCUT2D eigenvalue weighted by Crippen LogP contribution is -2.35. The molecular weight excluding hydrogens is 252 g/mol. The van der Waals surface area contributed by atoms with Gasteiger partial charge in [-0.15, -0.1) is 10.2 Å². The Morgan fingerprint density at radius 3 is 3.06 bits per heavy atom. The van der Waals surface area contributed by atoms with Crippen LogP contribution in [0, 0.1) is 0 Å². The van der Waals surface area contributed by atoms with Crippen LogP contribution in [0.4, 0.5) is 5.13 Å². The molecule has 6 nitrogen and oxygen atoms in total. The lowest BCUT2D eigenvalue weighted by atomic mass is 10.2. The molecule has 1 aromatic heterocycles. The average molecular weight is 268 g/mol. The Morgan fingerprint density at radius 1 is 1.39 bits per heavy atom. The highest BCUT2D eigenvalue weighted by molar-refractivity contribution is 7.15. The molecule has 3 heterocycles. The van der Waals surface area contributed by atoms with Crippen molar-refractivity contribution >= 4 is 22.4 Å². The van der Waals surface area contributed by atoms with Gasteiger partial charge in [-0.25, -0.2) is 0 Å². The standard InChI is InChI=1S/C11H16N4O2S/c16-9(7-3-1-5-12-7)13-11-15-14-10(18-11)8-4-2-6-17-8/h7-8,12H,1-6H2,(H,13,15,16). The zero-order chi connectivity index (χ0) is 12.4. The molecule has 2 unspecified atom stereocenters. The Kier molecular flexibility index (Phi) is 3.53. The van der Waals surface area contributed by atoms with E-state index < -0.39 is 0 Å². The van der Waals surface area contributed by atoms with Crippen molar-refractivity contribution in [1.29, 1.82) is 0 Å². The fraction of sp³-hybridized carbons (Fsp3) is 0.727. The molecule has 0 radical (unpaired) electrons. The van der Waals surface area contributed by atoms with E-state index >= 15 is 0 Å². The van der Waals surface area contributed by atoms with Gasteiger partial charge in [0.2, 0.25) is 11.0 Å². The number of rotatable bonds is 3. The van der Waals surface area contributed by atoms with Gasteiger partial charge >= 0.3 is 0 Å². The number of carbonyl (C=O) groups excluding carboxylic acids is 1. The summed E-state index contributed by atoms with van der Waals surface area (Å²) in [7, 11) is 0. The van der Waals surface area contributed by atoms with Crippen molar-refractivity contribution in [2.24, 2.45) is 0 Å². The van der Waals surface area contributed by atoms with Crippen LogP contribution in [0.3, 0.4) is 0 Å². The van der Waals surface area contributed by atoms with E-state index in [9.17, 15) is 4.79 Å². The Labute approximate surface area is 109 Å². The van der Waals surface area contributed by atoms with E-state index in [1.807, 2.05) is 0 Å². The van der Waals surface area contributed by atoms with Crippen molar-refractivity contribution in [3.05, 3.63) is 5.01 Å². The van der Waals surface area contributed by atoms with E-state index in [0.29, 0.717) is 5.13 Å². The maximum Gasteiger partial charge on any atom is 0.243 e. The maximum absolute atomic E-state index is 11.9. The van der Waals surface area contributed by atoms with Crippen LogP contribution in [-0.2, 0) is 9.53 Å². The summed E-state index contributed by atoms with van der Waals surface area (Å²) in [5.74, 6) is -0.0115. The summed E-state index contributed by atoms with van der Waals surface area (Å²) in [4.78, 5) is 11.9. The second-order valence-corrected chi connectivity index (χ2v) is 5.59. The molecular formula is C11H16N4O2S. The number of anilines is 1. The molecule has 0 bridgehead atoms. The van der Waals surface area contributed by atoms with Gasteiger partial charge in [0, 0.05) is 6.61 Å². The molecule has 2 aliphatic rings. The van der Waals surface area contributed by atoms with E-state index in [1.165, 1.54) is 11.3 Å². The fourth-order valence-corrected chi connectivity index (χ4v) is 3.12. The van der Waals surface area contributed by atoms with E-state index in [0.717, 1.165) is 43.8 Å². The summed E-state index contributed by atoms with van der Waals surface area (Å²) in [5.41, 5.74) is 0. The number of amides is 1. The molecule has 2 N–H and O–H groups in total. The van der Waals surface area contributed by atoms with Crippen molar-refractivity contribution in [2.45, 2.75) is 37.8 Å². The predicted molar refractivity (Wildman–Crippen MR) is 67.5 cm³/mol. The predicted octanol–water partition coefficient (Wildman–Crippen LogP) is 1.08. The lowest BCUT2D eigenvalue weighted by molar-refractivity contribution is -0.117. The number of nitrogens with one attached hydrogen (secondary N) is 2. The van der Waals surface area contributed by atoms with Gasteiger partial charge in [-0.1, -0.05) is 11.3 Å². The second-order valence-electron chi connectivity index (χ2n) is 4.59. The molecule has 0 aromatic carbocycles. The molecule has 18 heavy (non-hydrogen) atoms. The molecule has 2 fully saturated rings. The largest absolute Gasteiger partial charge is 0.371 e. The molecule has 3 rings (SSSR count). The van der Waals surface area contributed by atoms with Crippen LogP contribution >= 0.6 is 11.3 Å². The van der Waals surface area contributed by atoms with Gasteiger partial charge in [-0.05, 0) is 32.2 Å². The number of nitrogens with zero attached hydrogens (tertiary/aromatic N) is 2. The van der Waals surface area contributed by atoms with Crippen LogP contribution in [-0.4, -0.2) is 35.3 Å². The summed E-state index contributed by atoms with van der Waals surface area (Å²) < 4.78 is 5.54. The van der Waals surface area contributed by atoms with Gasteiger partial charge < -0.3 is 10.1 Å². The van der Waals surface area contributed by atoms with Crippen LogP contribution in [0.1, 0.15) is 36.8 Å². The van der Waals surface area contributed by atoms with Crippen LogP contribution < -0.4 is 10.6 Å². The van der Waals surface area contributed by atoms with E-state index in [-0.39, 0.29) is 18.1 Å². The summed E-state index contributed by atoms with van der Waals surface area (Å²) in [6, 6.07) is -0.0833. The highest BCUT2D eigenvalue weighted by atomic mass is 32.1. The van der Waals surface area contributed by atoms with Gasteiger partial charge in [-0.2, -0.15) is 0 Å². The quantitative estimate of drug-likeness (QED) is 0.858. The minimum absolute atomic E-state index is 0.0115. The number of carbonyl (C=O) groups is 1. The second kappa shape index (κ2) is 5.29. The fourth-order valence-electron chi connectivity index (χ4n) is 2.29. The SMILES string of the molecule is O=C(Nc1nnc(C2CCCO2)s1)C1CCCN1. The number of ether oxygens (including phenoxy) is 1. The lowest BCUT2D eigenvalue weighted by Gasteiger charge is -2.08. The number of hydrogen-bond donors (Lipinski definition) is 2. The van der Waals surface area contributed by atoms with E-state index in [1.54, 1.807) is 0 Å². The number of aromatic nitrogens is 2. The Balaban J connectivity index is 1.60. The Bertz CT molecular complexity index is 424. The van der Waals surface area contributed by atoms with Crippen molar-refractivity contribution in [1.82, 2.24) is 15.5 Å². The van der Waals surface area contributed by atoms with Crippen LogP contribution in [0.5, 0.6) is 0 Å². The van der Waals surface area contributed by atoms with Crippen molar-refractivity contribution in [3.8, 4) is 0 Å². The molecule has 0 spiro atoms. The third-order valence-corrected chi connectivity index (χ3v) is 4.18. The highest BCUT2D eigenvalue weighted by Crippen LogP contribution is 2.31. The molecule has 1 aromatic rings. The zero-order valence-corrected chi connectivity index (χ0v) is 10.8. The molecule has 1 amide bonds. The minimum Gasteiger partial charge on any atom is -0.371 e. The highest BCUT2D eigenvalue weighted by Gasteiger charge is 2.25. The van der Waals surface area contributed by atoms with Gasteiger partial charge in [0.25, 0.3) is 0 Å². The van der Waals surface area contributed by atoms with Gasteiger partial charge in [0.15, 0.2) is 0 Å². The molecule has 0 saturated carbocycles. The third kappa shape index (κ3) is 2.52. The van der Waals surface area contributed by atoms with E-state index in [4.69, 9.17) is 4.74 Å². The summed E-state index contributed by atoms with van der Waals surface area (Å²) >= 11 is 1.41. The topological polar surface area (TPSA) is 76.1 Å². The maximum atomic E-state index is 11.9. The van der Waals surface area contributed by atoms with Crippen molar-refractivity contribution < 1.29 is 9.53 Å². The zero-order valence-electron chi connectivity index (χ0n) is 10.0. The normalized spacial score (nSPS) is 27.6. The van der Waals surface area contributed by atoms with Crippen LogP contribution in [0.2, 0.25) is 0 Å². The summed E-state index contributed by atoms with van der Waals surface area (Å²) in [6.07, 6.45) is 4.07. The summed E-state index contributed by atoms with van der Waals surface area (Å²) in [6.45, 7) is 1.70. The Hall–Kier alpha value is -1.05. The smallest absolute Gasteiger partial charge is 0.243 e. The molecule has 2 atom stereocenters. The number of hydrogen-bond acceptors (Lipinski definition) is 6. The van der Waals surface area contributed by atoms with Gasteiger partial charge in [-0.3, -0.25) is 10.1 Å². The summed E-state index contributed by atoms with van der Waals surface area (Å²) in [5, 5.41) is 15.5. The first-order chi connectivity index (χ1) is 8.83.